The summed E-state index contributed by atoms with van der Waals surface area (Å²) in [5.74, 6) is 0.883. The van der Waals surface area contributed by atoms with Crippen molar-refractivity contribution >= 4 is 22.5 Å². The van der Waals surface area contributed by atoms with E-state index in [1.165, 1.54) is 0 Å². The van der Waals surface area contributed by atoms with Crippen LogP contribution >= 0.6 is 0 Å². The van der Waals surface area contributed by atoms with E-state index in [9.17, 15) is 4.79 Å². The van der Waals surface area contributed by atoms with Crippen molar-refractivity contribution < 1.29 is 9.53 Å². The molecule has 2 N–H and O–H groups in total. The van der Waals surface area contributed by atoms with Crippen LogP contribution in [0.4, 0.5) is 5.69 Å². The summed E-state index contributed by atoms with van der Waals surface area (Å²) in [6.07, 6.45) is 4.41. The Morgan fingerprint density at radius 3 is 2.96 bits per heavy atom. The van der Waals surface area contributed by atoms with E-state index in [4.69, 9.17) is 4.74 Å². The molecule has 2 saturated heterocycles. The summed E-state index contributed by atoms with van der Waals surface area (Å²) in [6, 6.07) is 6.60. The maximum Gasteiger partial charge on any atom is 0.222 e. The minimum atomic E-state index is 0.256. The number of nitrogens with one attached hydrogen (secondary N) is 2. The number of rotatable bonds is 5. The van der Waals surface area contributed by atoms with Crippen LogP contribution in [0.25, 0.3) is 10.9 Å². The topological polar surface area (TPSA) is 70.2 Å². The SMILES string of the molecule is C[C@H]1CCN(C(=O)CCc2[nH]nc3cccc(NC4CCOCC4)c23)C1. The first-order valence-electron chi connectivity index (χ1n) is 9.78. The van der Waals surface area contributed by atoms with Crippen molar-refractivity contribution in [3.05, 3.63) is 23.9 Å². The molecule has 1 aromatic carbocycles. The Bertz CT molecular complexity index is 766. The van der Waals surface area contributed by atoms with Crippen LogP contribution in [0.1, 0.15) is 38.3 Å². The molecule has 0 spiro atoms. The number of amides is 1. The normalized spacial score (nSPS) is 21.4. The van der Waals surface area contributed by atoms with Crippen molar-refractivity contribution in [2.75, 3.05) is 31.6 Å². The number of ether oxygens (including phenoxy) is 1. The third kappa shape index (κ3) is 3.70. The number of aromatic amines is 1. The molecule has 6 heteroatoms. The van der Waals surface area contributed by atoms with Gasteiger partial charge in [-0.1, -0.05) is 13.0 Å². The summed E-state index contributed by atoms with van der Waals surface area (Å²) in [6.45, 7) is 5.65. The van der Waals surface area contributed by atoms with Crippen LogP contribution in [0.3, 0.4) is 0 Å². The summed E-state index contributed by atoms with van der Waals surface area (Å²) in [7, 11) is 0. The molecule has 26 heavy (non-hydrogen) atoms. The van der Waals surface area contributed by atoms with E-state index in [1.807, 2.05) is 17.0 Å². The van der Waals surface area contributed by atoms with E-state index in [0.29, 0.717) is 24.8 Å². The maximum absolute atomic E-state index is 12.5. The van der Waals surface area contributed by atoms with Gasteiger partial charge in [0.1, 0.15) is 0 Å². The quantitative estimate of drug-likeness (QED) is 0.864. The molecule has 3 heterocycles. The number of H-pyrrole nitrogens is 1. The van der Waals surface area contributed by atoms with Gasteiger partial charge < -0.3 is 15.0 Å². The van der Waals surface area contributed by atoms with Crippen LogP contribution in [-0.2, 0) is 16.0 Å². The van der Waals surface area contributed by atoms with Gasteiger partial charge in [-0.3, -0.25) is 9.89 Å². The van der Waals surface area contributed by atoms with Gasteiger partial charge in [0.15, 0.2) is 0 Å². The number of nitrogens with zero attached hydrogens (tertiary/aromatic N) is 2. The summed E-state index contributed by atoms with van der Waals surface area (Å²) in [5, 5.41) is 12.4. The van der Waals surface area contributed by atoms with Crippen molar-refractivity contribution in [2.45, 2.75) is 45.1 Å². The molecule has 0 aliphatic carbocycles. The van der Waals surface area contributed by atoms with Gasteiger partial charge in [-0.25, -0.2) is 0 Å². The van der Waals surface area contributed by atoms with E-state index in [-0.39, 0.29) is 5.91 Å². The number of benzene rings is 1. The van der Waals surface area contributed by atoms with Crippen LogP contribution in [0.5, 0.6) is 0 Å². The Hall–Kier alpha value is -2.08. The van der Waals surface area contributed by atoms with E-state index < -0.39 is 0 Å². The molecule has 140 valence electrons. The number of aryl methyl sites for hydroxylation is 1. The van der Waals surface area contributed by atoms with Crippen LogP contribution in [0.2, 0.25) is 0 Å². The molecule has 2 aromatic rings. The zero-order valence-corrected chi connectivity index (χ0v) is 15.5. The van der Waals surface area contributed by atoms with Crippen LogP contribution < -0.4 is 5.32 Å². The third-order valence-electron chi connectivity index (χ3n) is 5.60. The Labute approximate surface area is 154 Å². The molecule has 4 rings (SSSR count). The zero-order chi connectivity index (χ0) is 17.9. The monoisotopic (exact) mass is 356 g/mol. The van der Waals surface area contributed by atoms with Gasteiger partial charge >= 0.3 is 0 Å². The summed E-state index contributed by atoms with van der Waals surface area (Å²) < 4.78 is 5.45. The molecule has 6 nitrogen and oxygen atoms in total. The van der Waals surface area contributed by atoms with Gasteiger partial charge in [-0.2, -0.15) is 5.10 Å². The van der Waals surface area contributed by atoms with E-state index in [2.05, 4.69) is 28.5 Å². The predicted molar refractivity (Wildman–Crippen MR) is 102 cm³/mol. The number of aromatic nitrogens is 2. The lowest BCUT2D eigenvalue weighted by Crippen LogP contribution is -2.28. The highest BCUT2D eigenvalue weighted by molar-refractivity contribution is 5.94. The summed E-state index contributed by atoms with van der Waals surface area (Å²) in [4.78, 5) is 14.5. The summed E-state index contributed by atoms with van der Waals surface area (Å²) in [5.41, 5.74) is 3.12. The largest absolute Gasteiger partial charge is 0.382 e. The highest BCUT2D eigenvalue weighted by Gasteiger charge is 2.23. The molecule has 0 radical (unpaired) electrons. The van der Waals surface area contributed by atoms with Gasteiger partial charge in [0.25, 0.3) is 0 Å². The first-order valence-corrected chi connectivity index (χ1v) is 9.78. The Morgan fingerprint density at radius 1 is 1.35 bits per heavy atom. The maximum atomic E-state index is 12.5. The van der Waals surface area contributed by atoms with Gasteiger partial charge in [-0.05, 0) is 43.7 Å². The van der Waals surface area contributed by atoms with Gasteiger partial charge in [0, 0.05) is 55.5 Å². The van der Waals surface area contributed by atoms with Gasteiger partial charge in [0.2, 0.25) is 5.91 Å². The van der Waals surface area contributed by atoms with Crippen molar-refractivity contribution in [3.63, 3.8) is 0 Å². The lowest BCUT2D eigenvalue weighted by Gasteiger charge is -2.24. The number of likely N-dealkylation sites (tertiary alicyclic amines) is 1. The van der Waals surface area contributed by atoms with E-state index in [1.54, 1.807) is 0 Å². The number of carbonyl (C=O) groups excluding carboxylic acids is 1. The number of fused-ring (bicyclic) bond motifs is 1. The molecule has 2 aliphatic heterocycles. The minimum absolute atomic E-state index is 0.256. The Morgan fingerprint density at radius 2 is 2.19 bits per heavy atom. The fourth-order valence-corrected chi connectivity index (χ4v) is 4.05. The van der Waals surface area contributed by atoms with Crippen molar-refractivity contribution in [3.8, 4) is 0 Å². The zero-order valence-electron chi connectivity index (χ0n) is 15.5. The molecule has 1 atom stereocenters. The van der Waals surface area contributed by atoms with Crippen LogP contribution in [0.15, 0.2) is 18.2 Å². The predicted octanol–water partition coefficient (Wildman–Crippen LogP) is 2.95. The van der Waals surface area contributed by atoms with Crippen molar-refractivity contribution in [1.29, 1.82) is 0 Å². The molecule has 2 aliphatic rings. The average Bonchev–Trinajstić information content (AvgIpc) is 3.27. The summed E-state index contributed by atoms with van der Waals surface area (Å²) >= 11 is 0. The third-order valence-corrected chi connectivity index (χ3v) is 5.60. The molecular formula is C20H28N4O2. The second-order valence-corrected chi connectivity index (χ2v) is 7.67. The highest BCUT2D eigenvalue weighted by atomic mass is 16.5. The van der Waals surface area contributed by atoms with Gasteiger partial charge in [0.05, 0.1) is 5.52 Å². The second kappa shape index (κ2) is 7.66. The molecule has 0 saturated carbocycles. The Balaban J connectivity index is 1.47. The average molecular weight is 356 g/mol. The fraction of sp³-hybridized carbons (Fsp3) is 0.600. The number of carbonyl (C=O) groups is 1. The standard InChI is InChI=1S/C20H28N4O2/c1-14-7-10-24(13-14)19(25)6-5-18-20-16(3-2-4-17(20)22-23-18)21-15-8-11-26-12-9-15/h2-4,14-15,21H,5-13H2,1H3,(H,22,23)/t14-/m0/s1. The smallest absolute Gasteiger partial charge is 0.222 e. The molecular weight excluding hydrogens is 328 g/mol. The first kappa shape index (κ1) is 17.3. The van der Waals surface area contributed by atoms with Crippen molar-refractivity contribution in [1.82, 2.24) is 15.1 Å². The molecule has 1 amide bonds. The highest BCUT2D eigenvalue weighted by Crippen LogP contribution is 2.28. The van der Waals surface area contributed by atoms with Crippen LogP contribution in [0, 0.1) is 5.92 Å². The first-order chi connectivity index (χ1) is 12.7. The van der Waals surface area contributed by atoms with E-state index in [0.717, 1.165) is 67.8 Å². The lowest BCUT2D eigenvalue weighted by molar-refractivity contribution is -0.130. The number of hydrogen-bond donors (Lipinski definition) is 2. The number of hydrogen-bond acceptors (Lipinski definition) is 4. The van der Waals surface area contributed by atoms with Crippen LogP contribution in [-0.4, -0.2) is 53.3 Å². The van der Waals surface area contributed by atoms with Crippen molar-refractivity contribution in [2.24, 2.45) is 5.92 Å². The fourth-order valence-electron chi connectivity index (χ4n) is 4.05. The van der Waals surface area contributed by atoms with Gasteiger partial charge in [-0.15, -0.1) is 0 Å². The Kier molecular flexibility index (Phi) is 5.11. The molecule has 1 aromatic heterocycles. The molecule has 0 unspecified atom stereocenters. The minimum Gasteiger partial charge on any atom is -0.382 e. The number of anilines is 1. The second-order valence-electron chi connectivity index (χ2n) is 7.67. The lowest BCUT2D eigenvalue weighted by atomic mass is 10.1. The van der Waals surface area contributed by atoms with E-state index >= 15 is 0 Å². The molecule has 0 bridgehead atoms. The molecule has 2 fully saturated rings.